The van der Waals surface area contributed by atoms with Crippen molar-refractivity contribution in [2.24, 2.45) is 4.40 Å². The van der Waals surface area contributed by atoms with Crippen molar-refractivity contribution in [1.82, 2.24) is 4.72 Å². The molecule has 0 rings (SSSR count). The van der Waals surface area contributed by atoms with Crippen LogP contribution in [0.15, 0.2) is 4.40 Å². The molecule has 0 saturated heterocycles. The second-order valence-corrected chi connectivity index (χ2v) is 2.32. The van der Waals surface area contributed by atoms with Gasteiger partial charge in [-0.05, 0) is 13.3 Å². The summed E-state index contributed by atoms with van der Waals surface area (Å²) >= 11 is 1.30. The fraction of sp³-hybridized carbons (Fsp3) is 0.800. The van der Waals surface area contributed by atoms with Crippen LogP contribution in [-0.2, 0) is 0 Å². The molecule has 0 aliphatic rings. The van der Waals surface area contributed by atoms with E-state index in [0.29, 0.717) is 6.04 Å². The van der Waals surface area contributed by atoms with Crippen LogP contribution in [0.5, 0.6) is 0 Å². The van der Waals surface area contributed by atoms with Gasteiger partial charge in [0.05, 0.1) is 12.1 Å². The predicted octanol–water partition coefficient (Wildman–Crippen LogP) is 1.64. The first-order valence-corrected chi connectivity index (χ1v) is 3.46. The molecule has 1 atom stereocenters. The van der Waals surface area contributed by atoms with Gasteiger partial charge in [-0.25, -0.2) is 9.12 Å². The quantitative estimate of drug-likeness (QED) is 0.464. The Hall–Kier alpha value is -0.0200. The maximum Gasteiger partial charge on any atom is 0.0582 e. The first-order valence-electron chi connectivity index (χ1n) is 2.68. The van der Waals surface area contributed by atoms with Crippen molar-refractivity contribution >= 4 is 18.9 Å². The topological polar surface area (TPSA) is 24.4 Å². The van der Waals surface area contributed by atoms with E-state index < -0.39 is 0 Å². The average Bonchev–Trinajstić information content (AvgIpc) is 1.83. The van der Waals surface area contributed by atoms with Gasteiger partial charge in [-0.15, -0.1) is 0 Å². The Bertz CT molecular complexity index is 65.4. The van der Waals surface area contributed by atoms with E-state index in [9.17, 15) is 0 Å². The Balaban J connectivity index is 2.97. The Morgan fingerprint density at radius 2 is 2.50 bits per heavy atom. The minimum atomic E-state index is 0.533. The van der Waals surface area contributed by atoms with Crippen molar-refractivity contribution in [3.63, 3.8) is 0 Å². The van der Waals surface area contributed by atoms with E-state index in [4.69, 9.17) is 0 Å². The van der Waals surface area contributed by atoms with Gasteiger partial charge in [-0.1, -0.05) is 6.92 Å². The highest BCUT2D eigenvalue weighted by Gasteiger charge is 1.92. The van der Waals surface area contributed by atoms with Gasteiger partial charge in [0.15, 0.2) is 0 Å². The van der Waals surface area contributed by atoms with Crippen molar-refractivity contribution in [3.05, 3.63) is 0 Å². The standard InChI is InChI=1S/C5H12N2S/c1-4-5(2)7-8-6-3/h5,7H,3-4H2,1-2H3. The molecule has 0 aromatic heterocycles. The van der Waals surface area contributed by atoms with Crippen LogP contribution < -0.4 is 4.72 Å². The van der Waals surface area contributed by atoms with E-state index in [1.807, 2.05) is 0 Å². The van der Waals surface area contributed by atoms with Gasteiger partial charge in [0.1, 0.15) is 0 Å². The van der Waals surface area contributed by atoms with Crippen molar-refractivity contribution in [1.29, 1.82) is 0 Å². The molecule has 48 valence electrons. The van der Waals surface area contributed by atoms with Crippen LogP contribution in [0.25, 0.3) is 0 Å². The highest BCUT2D eigenvalue weighted by molar-refractivity contribution is 7.96. The molecule has 1 unspecified atom stereocenters. The lowest BCUT2D eigenvalue weighted by molar-refractivity contribution is 0.669. The fourth-order valence-electron chi connectivity index (χ4n) is 0.211. The Morgan fingerprint density at radius 3 is 2.88 bits per heavy atom. The first kappa shape index (κ1) is 7.98. The zero-order valence-electron chi connectivity index (χ0n) is 5.35. The number of nitrogens with zero attached hydrogens (tertiary/aromatic N) is 1. The molecule has 0 spiro atoms. The summed E-state index contributed by atoms with van der Waals surface area (Å²) in [6.07, 6.45) is 1.13. The number of hydrogen-bond donors (Lipinski definition) is 1. The van der Waals surface area contributed by atoms with Gasteiger partial charge < -0.3 is 0 Å². The monoisotopic (exact) mass is 132 g/mol. The van der Waals surface area contributed by atoms with Gasteiger partial charge in [-0.3, -0.25) is 0 Å². The van der Waals surface area contributed by atoms with E-state index in [1.54, 1.807) is 0 Å². The maximum absolute atomic E-state index is 3.58. The highest BCUT2D eigenvalue weighted by Crippen LogP contribution is 1.97. The number of nitrogens with one attached hydrogen (secondary N) is 1. The molecule has 0 aliphatic carbocycles. The normalized spacial score (nSPS) is 13.2. The van der Waals surface area contributed by atoms with Crippen LogP contribution in [0.2, 0.25) is 0 Å². The molecular weight excluding hydrogens is 120 g/mol. The zero-order valence-corrected chi connectivity index (χ0v) is 6.16. The molecular formula is C5H12N2S. The van der Waals surface area contributed by atoms with Crippen LogP contribution in [-0.4, -0.2) is 12.8 Å². The van der Waals surface area contributed by atoms with E-state index in [-0.39, 0.29) is 0 Å². The Labute approximate surface area is 55.0 Å². The average molecular weight is 132 g/mol. The molecule has 3 heteroatoms. The Kier molecular flexibility index (Phi) is 5.11. The van der Waals surface area contributed by atoms with Crippen molar-refractivity contribution in [3.8, 4) is 0 Å². The lowest BCUT2D eigenvalue weighted by Gasteiger charge is -2.04. The van der Waals surface area contributed by atoms with Crippen LogP contribution in [0.1, 0.15) is 20.3 Å². The van der Waals surface area contributed by atoms with Gasteiger partial charge in [0.2, 0.25) is 0 Å². The third-order valence-corrected chi connectivity index (χ3v) is 1.57. The van der Waals surface area contributed by atoms with Crippen molar-refractivity contribution < 1.29 is 0 Å². The molecule has 1 N–H and O–H groups in total. The third kappa shape index (κ3) is 4.15. The van der Waals surface area contributed by atoms with Crippen LogP contribution in [0, 0.1) is 0 Å². The molecule has 0 aliphatic heterocycles. The summed E-state index contributed by atoms with van der Waals surface area (Å²) in [6, 6.07) is 0.533. The molecule has 0 aromatic rings. The van der Waals surface area contributed by atoms with Gasteiger partial charge in [-0.2, -0.15) is 0 Å². The van der Waals surface area contributed by atoms with Gasteiger partial charge in [0.25, 0.3) is 0 Å². The Morgan fingerprint density at radius 1 is 1.88 bits per heavy atom. The molecule has 8 heavy (non-hydrogen) atoms. The third-order valence-electron chi connectivity index (χ3n) is 0.931. The minimum Gasteiger partial charge on any atom is -0.242 e. The second-order valence-electron chi connectivity index (χ2n) is 1.65. The molecule has 0 fully saturated rings. The summed E-state index contributed by atoms with van der Waals surface area (Å²) in [4.78, 5) is 0. The fourth-order valence-corrected chi connectivity index (χ4v) is 0.632. The molecule has 0 amide bonds. The smallest absolute Gasteiger partial charge is 0.0582 e. The SMILES string of the molecule is C=NSNC(C)CC. The molecule has 0 bridgehead atoms. The van der Waals surface area contributed by atoms with Crippen LogP contribution in [0.3, 0.4) is 0 Å². The molecule has 0 heterocycles. The predicted molar refractivity (Wildman–Crippen MR) is 40.0 cm³/mol. The van der Waals surface area contributed by atoms with E-state index in [2.05, 4.69) is 29.7 Å². The lowest BCUT2D eigenvalue weighted by Crippen LogP contribution is -2.16. The van der Waals surface area contributed by atoms with Crippen molar-refractivity contribution in [2.75, 3.05) is 0 Å². The summed E-state index contributed by atoms with van der Waals surface area (Å²) in [5, 5.41) is 0. The van der Waals surface area contributed by atoms with E-state index in [1.165, 1.54) is 12.1 Å². The van der Waals surface area contributed by atoms with Crippen LogP contribution >= 0.6 is 12.1 Å². The largest absolute Gasteiger partial charge is 0.242 e. The maximum atomic E-state index is 3.58. The molecule has 0 radical (unpaired) electrons. The summed E-state index contributed by atoms with van der Waals surface area (Å²) in [5.74, 6) is 0. The summed E-state index contributed by atoms with van der Waals surface area (Å²) < 4.78 is 6.65. The van der Waals surface area contributed by atoms with E-state index in [0.717, 1.165) is 6.42 Å². The molecule has 0 aromatic carbocycles. The molecule has 0 saturated carbocycles. The first-order chi connectivity index (χ1) is 3.81. The molecule has 2 nitrogen and oxygen atoms in total. The lowest BCUT2D eigenvalue weighted by atomic mass is 10.3. The highest BCUT2D eigenvalue weighted by atomic mass is 32.2. The number of hydrogen-bond acceptors (Lipinski definition) is 3. The van der Waals surface area contributed by atoms with Crippen LogP contribution in [0.4, 0.5) is 0 Å². The minimum absolute atomic E-state index is 0.533. The van der Waals surface area contributed by atoms with Gasteiger partial charge >= 0.3 is 0 Å². The summed E-state index contributed by atoms with van der Waals surface area (Å²) in [5.41, 5.74) is 0. The van der Waals surface area contributed by atoms with Crippen molar-refractivity contribution in [2.45, 2.75) is 26.3 Å². The summed E-state index contributed by atoms with van der Waals surface area (Å²) in [7, 11) is 0. The second kappa shape index (κ2) is 5.12. The van der Waals surface area contributed by atoms with E-state index >= 15 is 0 Å². The summed E-state index contributed by atoms with van der Waals surface area (Å²) in [6.45, 7) is 7.55. The zero-order chi connectivity index (χ0) is 6.41. The number of rotatable bonds is 4. The van der Waals surface area contributed by atoms with Gasteiger partial charge in [0, 0.05) is 12.8 Å².